The van der Waals surface area contributed by atoms with Gasteiger partial charge in [-0.15, -0.1) is 0 Å². The van der Waals surface area contributed by atoms with Crippen molar-refractivity contribution < 1.29 is 14.6 Å². The third kappa shape index (κ3) is 2.59. The normalized spacial score (nSPS) is 16.4. The van der Waals surface area contributed by atoms with Crippen molar-refractivity contribution in [3.05, 3.63) is 60.8 Å². The maximum atomic E-state index is 12.0. The van der Waals surface area contributed by atoms with E-state index in [0.29, 0.717) is 27.6 Å². The number of carbonyl (C=O) groups excluding carboxylic acids is 1. The van der Waals surface area contributed by atoms with Gasteiger partial charge in [-0.25, -0.2) is 0 Å². The molecular formula is C14H11N3O5S. The molecule has 0 saturated carbocycles. The molecule has 0 bridgehead atoms. The molecule has 3 rings (SSSR count). The number of benzene rings is 1. The predicted molar refractivity (Wildman–Crippen MR) is 83.5 cm³/mol. The van der Waals surface area contributed by atoms with Crippen molar-refractivity contribution in [2.75, 3.05) is 4.90 Å². The molecule has 1 aromatic carbocycles. The summed E-state index contributed by atoms with van der Waals surface area (Å²) in [5.41, 5.74) is 1.27. The molecule has 0 N–H and O–H groups in total. The third-order valence-corrected chi connectivity index (χ3v) is 4.75. The number of hydrogen-bond donors (Lipinski definition) is 0. The quantitative estimate of drug-likeness (QED) is 0.607. The summed E-state index contributed by atoms with van der Waals surface area (Å²) < 4.78 is 0. The van der Waals surface area contributed by atoms with E-state index in [4.69, 9.17) is 0 Å². The average Bonchev–Trinajstić information content (AvgIpc) is 2.50. The second-order valence-corrected chi connectivity index (χ2v) is 6.15. The van der Waals surface area contributed by atoms with Gasteiger partial charge in [0.1, 0.15) is 0 Å². The van der Waals surface area contributed by atoms with E-state index in [0.717, 1.165) is 0 Å². The van der Waals surface area contributed by atoms with E-state index in [1.807, 2.05) is 0 Å². The molecular weight excluding hydrogens is 322 g/mol. The highest BCUT2D eigenvalue weighted by Crippen LogP contribution is 2.48. The van der Waals surface area contributed by atoms with Gasteiger partial charge in [-0.3, -0.25) is 29.9 Å². The minimum atomic E-state index is -0.512. The molecule has 118 valence electrons. The van der Waals surface area contributed by atoms with Crippen LogP contribution in [0.15, 0.2) is 45.5 Å². The van der Waals surface area contributed by atoms with Crippen LogP contribution in [0, 0.1) is 20.2 Å². The number of amides is 1. The molecule has 1 aliphatic carbocycles. The number of thioether (sulfide) groups is 1. The average molecular weight is 333 g/mol. The zero-order valence-electron chi connectivity index (χ0n) is 12.0. The number of allylic oxidation sites excluding steroid dienone is 3. The van der Waals surface area contributed by atoms with Crippen molar-refractivity contribution in [1.29, 1.82) is 0 Å². The van der Waals surface area contributed by atoms with Crippen LogP contribution in [-0.4, -0.2) is 15.8 Å². The highest BCUT2D eigenvalue weighted by molar-refractivity contribution is 8.03. The first-order chi connectivity index (χ1) is 10.9. The van der Waals surface area contributed by atoms with E-state index in [1.165, 1.54) is 41.8 Å². The van der Waals surface area contributed by atoms with Crippen molar-refractivity contribution in [2.24, 2.45) is 0 Å². The maximum Gasteiger partial charge on any atom is 0.270 e. The van der Waals surface area contributed by atoms with Crippen molar-refractivity contribution in [2.45, 2.75) is 24.7 Å². The van der Waals surface area contributed by atoms with Gasteiger partial charge in [0.2, 0.25) is 11.6 Å². The van der Waals surface area contributed by atoms with Crippen LogP contribution in [0.5, 0.6) is 0 Å². The number of rotatable bonds is 2. The third-order valence-electron chi connectivity index (χ3n) is 3.63. The van der Waals surface area contributed by atoms with E-state index in [9.17, 15) is 25.0 Å². The highest BCUT2D eigenvalue weighted by Gasteiger charge is 2.33. The van der Waals surface area contributed by atoms with Crippen LogP contribution in [0.25, 0.3) is 0 Å². The Hall–Kier alpha value is -2.68. The standard InChI is InChI=1S/C14H11N3O5S/c1-8(18)15-11-4-2-9(16(19)20)6-13(11)23-14-7-10(17(21)22)3-5-12(14)15/h2,4,6-7H,3,5H2,1H3. The summed E-state index contributed by atoms with van der Waals surface area (Å²) in [6, 6.07) is 4.27. The minimum absolute atomic E-state index is 0.0774. The van der Waals surface area contributed by atoms with Gasteiger partial charge < -0.3 is 0 Å². The van der Waals surface area contributed by atoms with Gasteiger partial charge in [0.15, 0.2) is 0 Å². The number of anilines is 1. The summed E-state index contributed by atoms with van der Waals surface area (Å²) in [6.45, 7) is 1.40. The van der Waals surface area contributed by atoms with Gasteiger partial charge in [0.25, 0.3) is 5.69 Å². The second kappa shape index (κ2) is 5.51. The lowest BCUT2D eigenvalue weighted by atomic mass is 10.1. The topological polar surface area (TPSA) is 107 Å². The van der Waals surface area contributed by atoms with Crippen molar-refractivity contribution in [3.63, 3.8) is 0 Å². The number of nitro groups is 2. The van der Waals surface area contributed by atoms with Crippen LogP contribution < -0.4 is 4.90 Å². The second-order valence-electron chi connectivity index (χ2n) is 5.07. The molecule has 1 aliphatic heterocycles. The molecule has 0 radical (unpaired) electrons. The zero-order valence-corrected chi connectivity index (χ0v) is 12.8. The number of hydrogen-bond acceptors (Lipinski definition) is 6. The molecule has 0 fully saturated rings. The molecule has 23 heavy (non-hydrogen) atoms. The summed E-state index contributed by atoms with van der Waals surface area (Å²) in [6.07, 6.45) is 2.07. The van der Waals surface area contributed by atoms with Crippen molar-refractivity contribution >= 4 is 29.0 Å². The van der Waals surface area contributed by atoms with E-state index in [-0.39, 0.29) is 23.7 Å². The minimum Gasteiger partial charge on any atom is -0.283 e. The van der Waals surface area contributed by atoms with Crippen LogP contribution in [-0.2, 0) is 4.79 Å². The van der Waals surface area contributed by atoms with Crippen molar-refractivity contribution in [1.82, 2.24) is 0 Å². The Morgan fingerprint density at radius 3 is 2.57 bits per heavy atom. The molecule has 0 aromatic heterocycles. The van der Waals surface area contributed by atoms with E-state index in [2.05, 4.69) is 0 Å². The summed E-state index contributed by atoms with van der Waals surface area (Å²) >= 11 is 1.22. The molecule has 1 amide bonds. The number of non-ortho nitro benzene ring substituents is 1. The lowest BCUT2D eigenvalue weighted by Crippen LogP contribution is -2.32. The largest absolute Gasteiger partial charge is 0.283 e. The Kier molecular flexibility index (Phi) is 3.64. The monoisotopic (exact) mass is 333 g/mol. The van der Waals surface area contributed by atoms with Gasteiger partial charge in [0, 0.05) is 47.1 Å². The Labute approximate surface area is 134 Å². The van der Waals surface area contributed by atoms with E-state index in [1.54, 1.807) is 6.07 Å². The summed E-state index contributed by atoms with van der Waals surface area (Å²) in [4.78, 5) is 35.6. The number of fused-ring (bicyclic) bond motifs is 1. The van der Waals surface area contributed by atoms with Crippen LogP contribution in [0.2, 0.25) is 0 Å². The Balaban J connectivity index is 2.13. The highest BCUT2D eigenvalue weighted by atomic mass is 32.2. The fraction of sp³-hybridized carbons (Fsp3) is 0.214. The Morgan fingerprint density at radius 1 is 1.22 bits per heavy atom. The first-order valence-electron chi connectivity index (χ1n) is 6.73. The first-order valence-corrected chi connectivity index (χ1v) is 7.55. The van der Waals surface area contributed by atoms with Crippen LogP contribution in [0.1, 0.15) is 19.8 Å². The van der Waals surface area contributed by atoms with Gasteiger partial charge >= 0.3 is 0 Å². The number of carbonyl (C=O) groups is 1. The fourth-order valence-electron chi connectivity index (χ4n) is 2.64. The van der Waals surface area contributed by atoms with Gasteiger partial charge in [-0.2, -0.15) is 0 Å². The molecule has 0 saturated heterocycles. The molecule has 0 unspecified atom stereocenters. The number of nitrogens with zero attached hydrogens (tertiary/aromatic N) is 3. The molecule has 1 heterocycles. The van der Waals surface area contributed by atoms with Gasteiger partial charge in [-0.05, 0) is 12.5 Å². The molecule has 2 aliphatic rings. The summed E-state index contributed by atoms with van der Waals surface area (Å²) in [5.74, 6) is -0.231. The van der Waals surface area contributed by atoms with Crippen molar-refractivity contribution in [3.8, 4) is 0 Å². The molecule has 0 spiro atoms. The smallest absolute Gasteiger partial charge is 0.270 e. The van der Waals surface area contributed by atoms with Gasteiger partial charge in [-0.1, -0.05) is 11.8 Å². The SMILES string of the molecule is CC(=O)N1C2=C(C=C([N+](=O)[O-])CC2)Sc2cc([N+](=O)[O-])ccc21. The lowest BCUT2D eigenvalue weighted by molar-refractivity contribution is -0.428. The lowest BCUT2D eigenvalue weighted by Gasteiger charge is -2.33. The summed E-state index contributed by atoms with van der Waals surface area (Å²) in [7, 11) is 0. The van der Waals surface area contributed by atoms with E-state index < -0.39 is 9.85 Å². The zero-order chi connectivity index (χ0) is 16.7. The predicted octanol–water partition coefficient (Wildman–Crippen LogP) is 3.22. The Bertz CT molecular complexity index is 815. The fourth-order valence-corrected chi connectivity index (χ4v) is 3.82. The van der Waals surface area contributed by atoms with E-state index >= 15 is 0 Å². The number of nitro benzene ring substituents is 1. The van der Waals surface area contributed by atoms with Crippen LogP contribution >= 0.6 is 11.8 Å². The molecule has 8 nitrogen and oxygen atoms in total. The van der Waals surface area contributed by atoms with Crippen LogP contribution in [0.3, 0.4) is 0 Å². The molecule has 0 atom stereocenters. The van der Waals surface area contributed by atoms with Gasteiger partial charge in [0.05, 0.1) is 15.5 Å². The maximum absolute atomic E-state index is 12.0. The molecule has 9 heteroatoms. The molecule has 1 aromatic rings. The Morgan fingerprint density at radius 2 is 1.96 bits per heavy atom. The first kappa shape index (κ1) is 15.2. The van der Waals surface area contributed by atoms with Crippen LogP contribution in [0.4, 0.5) is 11.4 Å². The summed E-state index contributed by atoms with van der Waals surface area (Å²) in [5, 5.41) is 21.9.